The van der Waals surface area contributed by atoms with Gasteiger partial charge in [-0.2, -0.15) is 0 Å². The summed E-state index contributed by atoms with van der Waals surface area (Å²) in [4.78, 5) is 0. The van der Waals surface area contributed by atoms with E-state index in [4.69, 9.17) is 10.5 Å². The molecule has 1 saturated heterocycles. The third-order valence-electron chi connectivity index (χ3n) is 2.82. The van der Waals surface area contributed by atoms with Gasteiger partial charge in [-0.05, 0) is 25.8 Å². The Morgan fingerprint density at radius 3 is 2.62 bits per heavy atom. The first-order valence-electron chi connectivity index (χ1n) is 5.20. The highest BCUT2D eigenvalue weighted by molar-refractivity contribution is 7.89. The number of rotatable bonds is 5. The van der Waals surface area contributed by atoms with Crippen LogP contribution in [0.3, 0.4) is 0 Å². The van der Waals surface area contributed by atoms with Gasteiger partial charge in [-0.1, -0.05) is 0 Å². The lowest BCUT2D eigenvalue weighted by Crippen LogP contribution is -2.35. The number of sulfonamides is 1. The lowest BCUT2D eigenvalue weighted by molar-refractivity contribution is 0.135. The van der Waals surface area contributed by atoms with Gasteiger partial charge >= 0.3 is 0 Å². The minimum atomic E-state index is -3.16. The van der Waals surface area contributed by atoms with Gasteiger partial charge < -0.3 is 10.5 Å². The number of hydrogen-bond acceptors (Lipinski definition) is 4. The van der Waals surface area contributed by atoms with Crippen molar-refractivity contribution in [3.63, 3.8) is 0 Å². The molecule has 98 valence electrons. The van der Waals surface area contributed by atoms with E-state index in [1.807, 2.05) is 0 Å². The van der Waals surface area contributed by atoms with Crippen LogP contribution < -0.4 is 5.73 Å². The van der Waals surface area contributed by atoms with Gasteiger partial charge in [0.25, 0.3) is 0 Å². The Morgan fingerprint density at radius 2 is 2.19 bits per heavy atom. The van der Waals surface area contributed by atoms with E-state index < -0.39 is 10.0 Å². The molecule has 2 N–H and O–H groups in total. The number of nitrogens with zero attached hydrogens (tertiary/aromatic N) is 1. The SMILES string of the molecule is COC(C)CS(=O)(=O)N1CCC(CN)C1.Cl. The predicted octanol–water partition coefficient (Wildman–Crippen LogP) is 0.0535. The van der Waals surface area contributed by atoms with Gasteiger partial charge in [-0.3, -0.25) is 0 Å². The van der Waals surface area contributed by atoms with Crippen LogP contribution in [0.1, 0.15) is 13.3 Å². The second-order valence-electron chi connectivity index (χ2n) is 4.07. The third-order valence-corrected chi connectivity index (χ3v) is 4.83. The molecule has 2 atom stereocenters. The zero-order valence-corrected chi connectivity index (χ0v) is 11.4. The number of nitrogens with two attached hydrogens (primary N) is 1. The van der Waals surface area contributed by atoms with Crippen molar-refractivity contribution in [1.82, 2.24) is 4.31 Å². The Hall–Kier alpha value is 0.120. The van der Waals surface area contributed by atoms with E-state index in [9.17, 15) is 8.42 Å². The quantitative estimate of drug-likeness (QED) is 0.768. The maximum atomic E-state index is 11.9. The van der Waals surface area contributed by atoms with Crippen molar-refractivity contribution >= 4 is 22.4 Å². The fourth-order valence-electron chi connectivity index (χ4n) is 1.71. The summed E-state index contributed by atoms with van der Waals surface area (Å²) in [5.74, 6) is 0.374. The van der Waals surface area contributed by atoms with Gasteiger partial charge in [-0.25, -0.2) is 12.7 Å². The van der Waals surface area contributed by atoms with Crippen LogP contribution in [0.4, 0.5) is 0 Å². The van der Waals surface area contributed by atoms with Crippen molar-refractivity contribution in [2.75, 3.05) is 32.5 Å². The first-order chi connectivity index (χ1) is 6.99. The fraction of sp³-hybridized carbons (Fsp3) is 1.00. The van der Waals surface area contributed by atoms with Crippen LogP contribution in [0.5, 0.6) is 0 Å². The van der Waals surface area contributed by atoms with Crippen molar-refractivity contribution in [2.45, 2.75) is 19.4 Å². The Morgan fingerprint density at radius 1 is 1.56 bits per heavy atom. The van der Waals surface area contributed by atoms with Crippen molar-refractivity contribution in [1.29, 1.82) is 0 Å². The Labute approximate surface area is 104 Å². The van der Waals surface area contributed by atoms with Crippen LogP contribution in [0.15, 0.2) is 0 Å². The summed E-state index contributed by atoms with van der Waals surface area (Å²) in [5, 5.41) is 0. The monoisotopic (exact) mass is 272 g/mol. The Kier molecular flexibility index (Phi) is 6.81. The highest BCUT2D eigenvalue weighted by Crippen LogP contribution is 2.19. The minimum Gasteiger partial charge on any atom is -0.381 e. The number of ether oxygens (including phenoxy) is 1. The van der Waals surface area contributed by atoms with Crippen molar-refractivity contribution in [2.24, 2.45) is 11.7 Å². The van der Waals surface area contributed by atoms with E-state index in [1.165, 1.54) is 11.4 Å². The average molecular weight is 273 g/mol. The molecule has 1 aliphatic heterocycles. The fourth-order valence-corrected chi connectivity index (χ4v) is 3.47. The summed E-state index contributed by atoms with van der Waals surface area (Å²) < 4.78 is 30.2. The highest BCUT2D eigenvalue weighted by Gasteiger charge is 2.31. The van der Waals surface area contributed by atoms with Crippen molar-refractivity contribution in [3.8, 4) is 0 Å². The summed E-state index contributed by atoms with van der Waals surface area (Å²) in [5.41, 5.74) is 5.52. The molecular formula is C9H21ClN2O3S. The van der Waals surface area contributed by atoms with Crippen LogP contribution in [-0.2, 0) is 14.8 Å². The maximum absolute atomic E-state index is 11.9. The lowest BCUT2D eigenvalue weighted by atomic mass is 10.1. The van der Waals surface area contributed by atoms with Crippen LogP contribution in [0, 0.1) is 5.92 Å². The largest absolute Gasteiger partial charge is 0.381 e. The molecule has 5 nitrogen and oxygen atoms in total. The highest BCUT2D eigenvalue weighted by atomic mass is 35.5. The molecule has 0 radical (unpaired) electrons. The molecule has 0 aromatic heterocycles. The smallest absolute Gasteiger partial charge is 0.216 e. The molecule has 1 aliphatic rings. The molecular weight excluding hydrogens is 252 g/mol. The topological polar surface area (TPSA) is 72.6 Å². The molecule has 0 aromatic carbocycles. The van der Waals surface area contributed by atoms with Crippen molar-refractivity contribution < 1.29 is 13.2 Å². The zero-order valence-electron chi connectivity index (χ0n) is 9.76. The van der Waals surface area contributed by atoms with E-state index in [0.717, 1.165) is 6.42 Å². The van der Waals surface area contributed by atoms with E-state index in [1.54, 1.807) is 6.92 Å². The van der Waals surface area contributed by atoms with E-state index >= 15 is 0 Å². The van der Waals surface area contributed by atoms with Gasteiger partial charge in [0.1, 0.15) is 0 Å². The molecule has 1 fully saturated rings. The molecule has 7 heteroatoms. The molecule has 0 spiro atoms. The molecule has 0 amide bonds. The van der Waals surface area contributed by atoms with Gasteiger partial charge in [0, 0.05) is 20.2 Å². The summed E-state index contributed by atoms with van der Waals surface area (Å²) in [7, 11) is -1.64. The molecule has 0 saturated carbocycles. The Balaban J connectivity index is 0.00000225. The molecule has 0 bridgehead atoms. The van der Waals surface area contributed by atoms with Crippen LogP contribution in [0.25, 0.3) is 0 Å². The van der Waals surface area contributed by atoms with Crippen LogP contribution in [-0.4, -0.2) is 51.3 Å². The molecule has 16 heavy (non-hydrogen) atoms. The van der Waals surface area contributed by atoms with Gasteiger partial charge in [0.15, 0.2) is 0 Å². The molecule has 1 heterocycles. The summed E-state index contributed by atoms with van der Waals surface area (Å²) >= 11 is 0. The molecule has 0 aliphatic carbocycles. The Bertz CT molecular complexity index is 297. The standard InChI is InChI=1S/C9H20N2O3S.ClH/c1-8(14-2)7-15(12,13)11-4-3-9(5-10)6-11;/h8-9H,3-7,10H2,1-2H3;1H. The summed E-state index contributed by atoms with van der Waals surface area (Å²) in [6, 6.07) is 0. The summed E-state index contributed by atoms with van der Waals surface area (Å²) in [6.07, 6.45) is 0.615. The van der Waals surface area contributed by atoms with Gasteiger partial charge in [0.2, 0.25) is 10.0 Å². The minimum absolute atomic E-state index is 0. The first kappa shape index (κ1) is 16.1. The van der Waals surface area contributed by atoms with E-state index in [-0.39, 0.29) is 24.3 Å². The lowest BCUT2D eigenvalue weighted by Gasteiger charge is -2.18. The predicted molar refractivity (Wildman–Crippen MR) is 66.2 cm³/mol. The second kappa shape index (κ2) is 6.76. The number of methoxy groups -OCH3 is 1. The second-order valence-corrected chi connectivity index (χ2v) is 6.09. The average Bonchev–Trinajstić information content (AvgIpc) is 2.65. The van der Waals surface area contributed by atoms with Gasteiger partial charge in [-0.15, -0.1) is 12.4 Å². The number of hydrogen-bond donors (Lipinski definition) is 1. The third kappa shape index (κ3) is 4.18. The van der Waals surface area contributed by atoms with E-state index in [2.05, 4.69) is 0 Å². The summed E-state index contributed by atoms with van der Waals surface area (Å²) in [6.45, 7) is 3.48. The van der Waals surface area contributed by atoms with E-state index in [0.29, 0.717) is 25.6 Å². The van der Waals surface area contributed by atoms with Gasteiger partial charge in [0.05, 0.1) is 11.9 Å². The first-order valence-corrected chi connectivity index (χ1v) is 6.81. The zero-order chi connectivity index (χ0) is 11.5. The molecule has 2 unspecified atom stereocenters. The van der Waals surface area contributed by atoms with Crippen LogP contribution in [0.2, 0.25) is 0 Å². The maximum Gasteiger partial charge on any atom is 0.216 e. The van der Waals surface area contributed by atoms with Crippen LogP contribution >= 0.6 is 12.4 Å². The number of halogens is 1. The molecule has 0 aromatic rings. The molecule has 1 rings (SSSR count). The van der Waals surface area contributed by atoms with Crippen molar-refractivity contribution in [3.05, 3.63) is 0 Å². The normalized spacial score (nSPS) is 24.1.